The van der Waals surface area contributed by atoms with Crippen molar-refractivity contribution < 1.29 is 23.8 Å². The molecule has 6 rings (SSSR count). The van der Waals surface area contributed by atoms with Crippen molar-refractivity contribution >= 4 is 25.0 Å². The molecular weight excluding hydrogens is 502 g/mol. The van der Waals surface area contributed by atoms with Crippen molar-refractivity contribution in [3.8, 4) is 23.0 Å². The average molecular weight is 540 g/mol. The summed E-state index contributed by atoms with van der Waals surface area (Å²) in [4.78, 5) is 0. The van der Waals surface area contributed by atoms with Crippen molar-refractivity contribution in [1.82, 2.24) is 0 Å². The van der Waals surface area contributed by atoms with Crippen LogP contribution in [0.4, 0.5) is 0 Å². The first-order chi connectivity index (χ1) is 19.5. The van der Waals surface area contributed by atoms with Crippen LogP contribution >= 0.6 is 0 Å². The van der Waals surface area contributed by atoms with Crippen molar-refractivity contribution in [3.63, 3.8) is 0 Å². The molecule has 0 atom stereocenters. The molecule has 0 bridgehead atoms. The second kappa shape index (κ2) is 16.5. The summed E-state index contributed by atoms with van der Waals surface area (Å²) in [6.45, 7) is 8.73. The zero-order valence-electron chi connectivity index (χ0n) is 23.5. The molecule has 2 aliphatic rings. The summed E-state index contributed by atoms with van der Waals surface area (Å²) in [7, 11) is -0.829. The minimum Gasteiger partial charge on any atom is -0.457 e. The zero-order chi connectivity index (χ0) is 28.7. The van der Waals surface area contributed by atoms with Gasteiger partial charge >= 0.3 is 14.0 Å². The van der Waals surface area contributed by atoms with Crippen LogP contribution in [0.1, 0.15) is 25.0 Å². The quantitative estimate of drug-likeness (QED) is 0.328. The summed E-state index contributed by atoms with van der Waals surface area (Å²) in [5.41, 5.74) is 14.0. The first-order valence-corrected chi connectivity index (χ1v) is 13.5. The van der Waals surface area contributed by atoms with Crippen LogP contribution in [0.3, 0.4) is 0 Å². The fourth-order valence-electron chi connectivity index (χ4n) is 3.98. The van der Waals surface area contributed by atoms with Crippen LogP contribution in [0, 0.1) is 0 Å². The van der Waals surface area contributed by atoms with Gasteiger partial charge in [0.15, 0.2) is 0 Å². The Kier molecular flexibility index (Phi) is 12.8. The summed E-state index contributed by atoms with van der Waals surface area (Å²) in [6, 6.07) is 31.1. The molecule has 0 spiro atoms. The van der Waals surface area contributed by atoms with E-state index in [1.165, 1.54) is 11.0 Å². The molecule has 40 heavy (non-hydrogen) atoms. The molecule has 0 radical (unpaired) electrons. The fourth-order valence-corrected chi connectivity index (χ4v) is 3.98. The van der Waals surface area contributed by atoms with Gasteiger partial charge in [-0.15, -0.1) is 0 Å². The molecule has 0 amide bonds. The number of hydrogen-bond acceptors (Lipinski definition) is 7. The van der Waals surface area contributed by atoms with Gasteiger partial charge in [-0.05, 0) is 83.7 Å². The minimum absolute atomic E-state index is 0.204. The number of nitrogens with two attached hydrogens (primary N) is 2. The van der Waals surface area contributed by atoms with Crippen LogP contribution < -0.4 is 31.9 Å². The van der Waals surface area contributed by atoms with Crippen LogP contribution in [0.2, 0.25) is 6.82 Å². The highest BCUT2D eigenvalue weighted by atomic mass is 16.5. The Balaban J connectivity index is 0.000000185. The highest BCUT2D eigenvalue weighted by molar-refractivity contribution is 6.67. The van der Waals surface area contributed by atoms with Crippen molar-refractivity contribution in [2.75, 3.05) is 13.1 Å². The third-order valence-corrected chi connectivity index (χ3v) is 5.78. The van der Waals surface area contributed by atoms with Crippen molar-refractivity contribution in [1.29, 1.82) is 0 Å². The molecule has 5 N–H and O–H groups in total. The average Bonchev–Trinajstić information content (AvgIpc) is 3.53. The number of hydrogen-bond donors (Lipinski definition) is 3. The van der Waals surface area contributed by atoms with Gasteiger partial charge in [0.2, 0.25) is 0 Å². The second-order valence-electron chi connectivity index (χ2n) is 8.98. The van der Waals surface area contributed by atoms with Gasteiger partial charge in [-0.3, -0.25) is 0 Å². The van der Waals surface area contributed by atoms with E-state index in [-0.39, 0.29) is 6.92 Å². The number of rotatable bonds is 4. The predicted octanol–water partition coefficient (Wildman–Crippen LogP) is 4.46. The highest BCUT2D eigenvalue weighted by Gasteiger charge is 2.27. The lowest BCUT2D eigenvalue weighted by Gasteiger charge is -2.07. The molecule has 0 aromatic heterocycles. The summed E-state index contributed by atoms with van der Waals surface area (Å²) in [5, 5.41) is 9.59. The van der Waals surface area contributed by atoms with Crippen LogP contribution in [0.5, 0.6) is 23.0 Å². The summed E-state index contributed by atoms with van der Waals surface area (Å²) >= 11 is 0. The summed E-state index contributed by atoms with van der Waals surface area (Å²) in [5.74, 6) is 3.22. The normalized spacial score (nSPS) is 12.4. The zero-order valence-corrected chi connectivity index (χ0v) is 23.5. The molecule has 0 fully saturated rings. The van der Waals surface area contributed by atoms with E-state index in [9.17, 15) is 5.02 Å². The van der Waals surface area contributed by atoms with Crippen LogP contribution in [-0.4, -0.2) is 32.1 Å². The molecule has 4 aromatic rings. The van der Waals surface area contributed by atoms with Gasteiger partial charge in [0.05, 0.1) is 13.2 Å². The lowest BCUT2D eigenvalue weighted by atomic mass is 9.64. The van der Waals surface area contributed by atoms with Gasteiger partial charge in [-0.2, -0.15) is 0 Å². The molecule has 9 heteroatoms. The predicted molar refractivity (Wildman–Crippen MR) is 164 cm³/mol. The summed E-state index contributed by atoms with van der Waals surface area (Å²) in [6.07, 6.45) is 0. The largest absolute Gasteiger partial charge is 0.491 e. The Labute approximate surface area is 238 Å². The summed E-state index contributed by atoms with van der Waals surface area (Å²) < 4.78 is 22.2. The number of para-hydroxylation sites is 2. The molecule has 7 nitrogen and oxygen atoms in total. The Morgan fingerprint density at radius 3 is 1.73 bits per heavy atom. The maximum absolute atomic E-state index is 9.59. The fraction of sp³-hybridized carbons (Fsp3) is 0.226. The molecule has 0 saturated carbocycles. The van der Waals surface area contributed by atoms with E-state index in [2.05, 4.69) is 19.0 Å². The first kappa shape index (κ1) is 30.9. The maximum Gasteiger partial charge on any atom is 0.491 e. The van der Waals surface area contributed by atoms with Crippen LogP contribution in [0.25, 0.3) is 0 Å². The SMILES string of the molecule is CB1OCc2cc(Oc3ccccc3)ccc21.CCN.CCN.OB1OCc2ccc(Oc3ccccc3)cc21. The lowest BCUT2D eigenvalue weighted by Crippen LogP contribution is -2.27. The van der Waals surface area contributed by atoms with Crippen molar-refractivity contribution in [3.05, 3.63) is 108 Å². The lowest BCUT2D eigenvalue weighted by molar-refractivity contribution is 0.275. The van der Waals surface area contributed by atoms with E-state index >= 15 is 0 Å². The third-order valence-electron chi connectivity index (χ3n) is 5.78. The van der Waals surface area contributed by atoms with Crippen molar-refractivity contribution in [2.45, 2.75) is 33.9 Å². The Hall–Kier alpha value is -3.59. The van der Waals surface area contributed by atoms with E-state index in [0.717, 1.165) is 41.4 Å². The molecule has 0 aliphatic carbocycles. The number of benzene rings is 4. The van der Waals surface area contributed by atoms with E-state index in [1.807, 2.05) is 98.8 Å². The van der Waals surface area contributed by atoms with Crippen LogP contribution in [0.15, 0.2) is 97.1 Å². The third kappa shape index (κ3) is 9.26. The van der Waals surface area contributed by atoms with Gasteiger partial charge in [0.25, 0.3) is 0 Å². The minimum atomic E-state index is -0.829. The molecule has 2 aliphatic heterocycles. The molecule has 0 saturated heterocycles. The van der Waals surface area contributed by atoms with Crippen molar-refractivity contribution in [2.24, 2.45) is 11.5 Å². The molecule has 0 unspecified atom stereocenters. The van der Waals surface area contributed by atoms with E-state index < -0.39 is 7.12 Å². The van der Waals surface area contributed by atoms with Gasteiger partial charge in [0.1, 0.15) is 23.0 Å². The van der Waals surface area contributed by atoms with E-state index in [1.54, 1.807) is 0 Å². The standard InChI is InChI=1S/C14H13BO2.C13H11BO3.2C2H7N/c1-15-14-8-7-13(9-11(14)10-16-15)17-12-5-3-2-4-6-12;15-14-13-8-12(7-6-10(13)9-16-14)17-11-4-2-1-3-5-11;2*1-2-3/h2-9H,10H2,1H3;1-8,15H,9H2;2*2-3H2,1H3. The molecule has 4 aromatic carbocycles. The Morgan fingerprint density at radius 1 is 0.650 bits per heavy atom. The number of ether oxygens (including phenoxy) is 2. The van der Waals surface area contributed by atoms with Gasteiger partial charge in [-0.1, -0.05) is 69.2 Å². The van der Waals surface area contributed by atoms with E-state index in [0.29, 0.717) is 19.0 Å². The van der Waals surface area contributed by atoms with Gasteiger partial charge in [0, 0.05) is 0 Å². The Morgan fingerprint density at radius 2 is 1.15 bits per heavy atom. The molecular formula is C31H38B2N2O5. The van der Waals surface area contributed by atoms with E-state index in [4.69, 9.17) is 30.2 Å². The topological polar surface area (TPSA) is 109 Å². The maximum atomic E-state index is 9.59. The monoisotopic (exact) mass is 540 g/mol. The number of fused-ring (bicyclic) bond motifs is 2. The van der Waals surface area contributed by atoms with Crippen LogP contribution in [-0.2, 0) is 22.5 Å². The highest BCUT2D eigenvalue weighted by Crippen LogP contribution is 2.24. The smallest absolute Gasteiger partial charge is 0.457 e. The first-order valence-electron chi connectivity index (χ1n) is 13.5. The Bertz CT molecular complexity index is 1290. The molecule has 208 valence electrons. The second-order valence-corrected chi connectivity index (χ2v) is 8.98. The van der Waals surface area contributed by atoms with Gasteiger partial charge < -0.3 is 35.3 Å². The molecule has 2 heterocycles. The van der Waals surface area contributed by atoms with Gasteiger partial charge in [-0.25, -0.2) is 0 Å².